The second kappa shape index (κ2) is 7.31. The van der Waals surface area contributed by atoms with Gasteiger partial charge in [0.25, 0.3) is 0 Å². The molecule has 0 radical (unpaired) electrons. The Balaban J connectivity index is 2.46. The largest absolute Gasteiger partial charge is 0.484 e. The van der Waals surface area contributed by atoms with Crippen molar-refractivity contribution in [3.8, 4) is 5.75 Å². The Hall–Kier alpha value is -1.76. The first-order chi connectivity index (χ1) is 9.69. The van der Waals surface area contributed by atoms with Gasteiger partial charge < -0.3 is 15.8 Å². The molecule has 0 unspecified atom stereocenters. The molecular weight excluding hydrogens is 285 g/mol. The number of ether oxygens (including phenoxy) is 1. The highest BCUT2D eigenvalue weighted by atomic mass is 19.4. The predicted octanol–water partition coefficient (Wildman–Crippen LogP) is 2.23. The van der Waals surface area contributed by atoms with E-state index in [1.165, 1.54) is 12.1 Å². The topological polar surface area (TPSA) is 64.4 Å². The first-order valence-corrected chi connectivity index (χ1v) is 6.51. The number of carbonyl (C=O) groups is 1. The van der Waals surface area contributed by atoms with Crippen molar-refractivity contribution in [3.63, 3.8) is 0 Å². The Labute approximate surface area is 121 Å². The van der Waals surface area contributed by atoms with Gasteiger partial charge in [0.1, 0.15) is 5.75 Å². The summed E-state index contributed by atoms with van der Waals surface area (Å²) >= 11 is 0. The fraction of sp³-hybridized carbons (Fsp3) is 0.500. The van der Waals surface area contributed by atoms with Gasteiger partial charge in [0.15, 0.2) is 6.61 Å². The summed E-state index contributed by atoms with van der Waals surface area (Å²) in [6.07, 6.45) is -4.36. The van der Waals surface area contributed by atoms with Crippen LogP contribution in [0.5, 0.6) is 5.75 Å². The molecule has 1 rings (SSSR count). The molecule has 1 aromatic carbocycles. The van der Waals surface area contributed by atoms with E-state index in [9.17, 15) is 18.0 Å². The minimum Gasteiger partial charge on any atom is -0.484 e. The summed E-state index contributed by atoms with van der Waals surface area (Å²) in [6.45, 7) is 2.62. The number of alkyl halides is 3. The van der Waals surface area contributed by atoms with Crippen LogP contribution in [-0.2, 0) is 11.3 Å². The number of nitrogens with one attached hydrogen (secondary N) is 1. The van der Waals surface area contributed by atoms with Gasteiger partial charge in [0, 0.05) is 6.54 Å². The van der Waals surface area contributed by atoms with E-state index in [0.29, 0.717) is 0 Å². The maximum Gasteiger partial charge on any atom is 0.422 e. The molecule has 0 aromatic heterocycles. The summed E-state index contributed by atoms with van der Waals surface area (Å²) in [4.78, 5) is 11.7. The molecule has 21 heavy (non-hydrogen) atoms. The van der Waals surface area contributed by atoms with Crippen molar-refractivity contribution >= 4 is 5.91 Å². The molecule has 3 N–H and O–H groups in total. The number of hydrogen-bond acceptors (Lipinski definition) is 3. The zero-order valence-electron chi connectivity index (χ0n) is 11.9. The van der Waals surface area contributed by atoms with Gasteiger partial charge in [-0.2, -0.15) is 13.2 Å². The van der Waals surface area contributed by atoms with E-state index in [-0.39, 0.29) is 24.1 Å². The number of halogens is 3. The van der Waals surface area contributed by atoms with Crippen LogP contribution < -0.4 is 15.8 Å². The van der Waals surface area contributed by atoms with Crippen LogP contribution in [0.3, 0.4) is 0 Å². The highest BCUT2D eigenvalue weighted by molar-refractivity contribution is 5.81. The van der Waals surface area contributed by atoms with E-state index < -0.39 is 18.8 Å². The molecular formula is C14H19F3N2O2. The van der Waals surface area contributed by atoms with Crippen LogP contribution in [0.1, 0.15) is 19.4 Å². The zero-order chi connectivity index (χ0) is 16.0. The first-order valence-electron chi connectivity index (χ1n) is 6.51. The molecule has 0 heterocycles. The van der Waals surface area contributed by atoms with Crippen LogP contribution in [0.4, 0.5) is 13.2 Å². The number of nitrogens with two attached hydrogens (primary N) is 1. The standard InChI is InChI=1S/C14H19F3N2O2/c1-9(2)12(18)13(20)19-7-10-3-5-11(6-4-10)21-8-14(15,16)17/h3-6,9,12H,7-8,18H2,1-2H3,(H,19,20)/t12-/m1/s1. The first kappa shape index (κ1) is 17.3. The van der Waals surface area contributed by atoms with Gasteiger partial charge in [-0.3, -0.25) is 4.79 Å². The molecule has 0 bridgehead atoms. The van der Waals surface area contributed by atoms with E-state index in [1.54, 1.807) is 12.1 Å². The third kappa shape index (κ3) is 6.48. The van der Waals surface area contributed by atoms with E-state index in [4.69, 9.17) is 5.73 Å². The van der Waals surface area contributed by atoms with Crippen molar-refractivity contribution in [2.75, 3.05) is 6.61 Å². The minimum absolute atomic E-state index is 0.0307. The van der Waals surface area contributed by atoms with Gasteiger partial charge in [0.05, 0.1) is 6.04 Å². The van der Waals surface area contributed by atoms with Crippen molar-refractivity contribution in [2.24, 2.45) is 11.7 Å². The summed E-state index contributed by atoms with van der Waals surface area (Å²) in [5.74, 6) is -0.105. The Kier molecular flexibility index (Phi) is 6.02. The Morgan fingerprint density at radius 2 is 1.86 bits per heavy atom. The van der Waals surface area contributed by atoms with E-state index in [0.717, 1.165) is 5.56 Å². The van der Waals surface area contributed by atoms with Crippen molar-refractivity contribution < 1.29 is 22.7 Å². The smallest absolute Gasteiger partial charge is 0.422 e. The average Bonchev–Trinajstić information content (AvgIpc) is 2.41. The summed E-state index contributed by atoms with van der Waals surface area (Å²) in [6, 6.07) is 5.45. The Morgan fingerprint density at radius 1 is 1.29 bits per heavy atom. The highest BCUT2D eigenvalue weighted by Crippen LogP contribution is 2.18. The molecule has 1 aromatic rings. The quantitative estimate of drug-likeness (QED) is 0.847. The number of carbonyl (C=O) groups excluding carboxylic acids is 1. The molecule has 1 amide bonds. The Bertz CT molecular complexity index is 458. The maximum atomic E-state index is 12.0. The van der Waals surface area contributed by atoms with Gasteiger partial charge in [-0.15, -0.1) is 0 Å². The SMILES string of the molecule is CC(C)[C@@H](N)C(=O)NCc1ccc(OCC(F)(F)F)cc1. The van der Waals surface area contributed by atoms with Crippen molar-refractivity contribution in [3.05, 3.63) is 29.8 Å². The van der Waals surface area contributed by atoms with Gasteiger partial charge in [-0.05, 0) is 23.6 Å². The predicted molar refractivity (Wildman–Crippen MR) is 72.7 cm³/mol. The number of amides is 1. The van der Waals surface area contributed by atoms with E-state index in [2.05, 4.69) is 10.1 Å². The second-order valence-corrected chi connectivity index (χ2v) is 5.04. The molecule has 0 fully saturated rings. The van der Waals surface area contributed by atoms with E-state index in [1.807, 2.05) is 13.8 Å². The normalized spacial score (nSPS) is 13.1. The molecule has 0 aliphatic carbocycles. The summed E-state index contributed by atoms with van der Waals surface area (Å²) < 4.78 is 40.5. The maximum absolute atomic E-state index is 12.0. The summed E-state index contributed by atoms with van der Waals surface area (Å²) in [7, 11) is 0. The zero-order valence-corrected chi connectivity index (χ0v) is 11.9. The molecule has 0 spiro atoms. The molecule has 0 saturated heterocycles. The number of benzene rings is 1. The van der Waals surface area contributed by atoms with Crippen molar-refractivity contribution in [2.45, 2.75) is 32.6 Å². The molecule has 118 valence electrons. The Morgan fingerprint density at radius 3 is 2.33 bits per heavy atom. The summed E-state index contributed by atoms with van der Waals surface area (Å²) in [5, 5.41) is 2.67. The van der Waals surface area contributed by atoms with Crippen LogP contribution in [-0.4, -0.2) is 24.7 Å². The number of rotatable bonds is 6. The van der Waals surface area contributed by atoms with Crippen LogP contribution in [0.15, 0.2) is 24.3 Å². The van der Waals surface area contributed by atoms with Gasteiger partial charge in [-0.25, -0.2) is 0 Å². The molecule has 0 saturated carbocycles. The lowest BCUT2D eigenvalue weighted by Crippen LogP contribution is -2.43. The fourth-order valence-corrected chi connectivity index (χ4v) is 1.48. The lowest BCUT2D eigenvalue weighted by molar-refractivity contribution is -0.153. The monoisotopic (exact) mass is 304 g/mol. The van der Waals surface area contributed by atoms with Crippen LogP contribution in [0, 0.1) is 5.92 Å². The molecule has 0 aliphatic rings. The summed E-state index contributed by atoms with van der Waals surface area (Å²) in [5.41, 5.74) is 6.44. The molecule has 1 atom stereocenters. The second-order valence-electron chi connectivity index (χ2n) is 5.04. The third-order valence-corrected chi connectivity index (χ3v) is 2.81. The van der Waals surface area contributed by atoms with Gasteiger partial charge in [0.2, 0.25) is 5.91 Å². The van der Waals surface area contributed by atoms with Crippen molar-refractivity contribution in [1.82, 2.24) is 5.32 Å². The number of hydrogen-bond donors (Lipinski definition) is 2. The highest BCUT2D eigenvalue weighted by Gasteiger charge is 2.28. The fourth-order valence-electron chi connectivity index (χ4n) is 1.48. The third-order valence-electron chi connectivity index (χ3n) is 2.81. The van der Waals surface area contributed by atoms with Gasteiger partial charge >= 0.3 is 6.18 Å². The molecule has 0 aliphatic heterocycles. The van der Waals surface area contributed by atoms with Crippen LogP contribution >= 0.6 is 0 Å². The lowest BCUT2D eigenvalue weighted by atomic mass is 10.0. The molecule has 7 heteroatoms. The van der Waals surface area contributed by atoms with Crippen molar-refractivity contribution in [1.29, 1.82) is 0 Å². The van der Waals surface area contributed by atoms with Gasteiger partial charge in [-0.1, -0.05) is 26.0 Å². The minimum atomic E-state index is -4.36. The van der Waals surface area contributed by atoms with Crippen LogP contribution in [0.2, 0.25) is 0 Å². The average molecular weight is 304 g/mol. The molecule has 4 nitrogen and oxygen atoms in total. The van der Waals surface area contributed by atoms with E-state index >= 15 is 0 Å². The lowest BCUT2D eigenvalue weighted by Gasteiger charge is -2.15. The van der Waals surface area contributed by atoms with Crippen LogP contribution in [0.25, 0.3) is 0 Å².